The fourth-order valence-corrected chi connectivity index (χ4v) is 2.77. The molecule has 0 aromatic heterocycles. The predicted octanol–water partition coefficient (Wildman–Crippen LogP) is 5.77. The highest BCUT2D eigenvalue weighted by Crippen LogP contribution is 2.37. The molecule has 0 spiro atoms. The Morgan fingerprint density at radius 2 is 1.33 bits per heavy atom. The summed E-state index contributed by atoms with van der Waals surface area (Å²) in [5, 5.41) is 0.773. The summed E-state index contributed by atoms with van der Waals surface area (Å²) in [5.74, 6) is 0. The van der Waals surface area contributed by atoms with Gasteiger partial charge in [0.1, 0.15) is 0 Å². The van der Waals surface area contributed by atoms with E-state index in [0.717, 1.165) is 27.5 Å². The van der Waals surface area contributed by atoms with Crippen LogP contribution in [-0.4, -0.2) is 7.05 Å². The molecule has 3 rings (SSSR count). The van der Waals surface area contributed by atoms with Crippen LogP contribution in [0.25, 0.3) is 11.1 Å². The first-order chi connectivity index (χ1) is 10.3. The summed E-state index contributed by atoms with van der Waals surface area (Å²) in [6.07, 6.45) is 0. The minimum Gasteiger partial charge on any atom is -0.343 e. The van der Waals surface area contributed by atoms with Gasteiger partial charge in [-0.2, -0.15) is 0 Å². The highest BCUT2D eigenvalue weighted by Gasteiger charge is 2.12. The van der Waals surface area contributed by atoms with Crippen molar-refractivity contribution >= 4 is 23.0 Å². The zero-order valence-corrected chi connectivity index (χ0v) is 12.6. The van der Waals surface area contributed by atoms with Crippen molar-refractivity contribution in [1.82, 2.24) is 0 Å². The summed E-state index contributed by atoms with van der Waals surface area (Å²) in [5.41, 5.74) is 4.30. The monoisotopic (exact) mass is 293 g/mol. The lowest BCUT2D eigenvalue weighted by atomic mass is 10.0. The Morgan fingerprint density at radius 1 is 0.714 bits per heavy atom. The van der Waals surface area contributed by atoms with Crippen molar-refractivity contribution in [3.63, 3.8) is 0 Å². The van der Waals surface area contributed by atoms with Crippen LogP contribution in [0.4, 0.5) is 11.4 Å². The molecule has 2 heteroatoms. The molecule has 0 fully saturated rings. The Kier molecular flexibility index (Phi) is 3.94. The van der Waals surface area contributed by atoms with E-state index in [1.54, 1.807) is 0 Å². The van der Waals surface area contributed by atoms with E-state index < -0.39 is 0 Å². The van der Waals surface area contributed by atoms with Gasteiger partial charge in [-0.25, -0.2) is 0 Å². The fraction of sp³-hybridized carbons (Fsp3) is 0.0526. The lowest BCUT2D eigenvalue weighted by molar-refractivity contribution is 1.21. The Labute approximate surface area is 130 Å². The number of anilines is 2. The molecule has 0 radical (unpaired) electrons. The number of hydrogen-bond donors (Lipinski definition) is 0. The largest absolute Gasteiger partial charge is 0.343 e. The minimum absolute atomic E-state index is 0.773. The second-order valence-corrected chi connectivity index (χ2v) is 5.28. The van der Waals surface area contributed by atoms with Crippen molar-refractivity contribution in [1.29, 1.82) is 0 Å². The normalized spacial score (nSPS) is 10.4. The summed E-state index contributed by atoms with van der Waals surface area (Å²) in [7, 11) is 2.03. The summed E-state index contributed by atoms with van der Waals surface area (Å²) in [4.78, 5) is 2.11. The van der Waals surface area contributed by atoms with E-state index in [1.807, 2.05) is 55.6 Å². The third-order valence-corrected chi connectivity index (χ3v) is 3.97. The third kappa shape index (κ3) is 2.79. The molecule has 0 aliphatic carbocycles. The smallest absolute Gasteiger partial charge is 0.0721 e. The van der Waals surface area contributed by atoms with Gasteiger partial charge in [0.05, 0.1) is 10.7 Å². The van der Waals surface area contributed by atoms with Crippen LogP contribution < -0.4 is 4.90 Å². The minimum atomic E-state index is 0.773. The standard InChI is InChI=1S/C19H16ClN/c1-21(16-11-6-3-7-12-16)18-14-8-13-17(19(18)20)15-9-4-2-5-10-15/h2-14H,1H3. The topological polar surface area (TPSA) is 3.24 Å². The van der Waals surface area contributed by atoms with Crippen LogP contribution in [0.5, 0.6) is 0 Å². The van der Waals surface area contributed by atoms with Gasteiger partial charge >= 0.3 is 0 Å². The van der Waals surface area contributed by atoms with Gasteiger partial charge in [-0.1, -0.05) is 72.3 Å². The molecular formula is C19H16ClN. The number of nitrogens with zero attached hydrogens (tertiary/aromatic N) is 1. The second kappa shape index (κ2) is 6.02. The molecule has 0 saturated heterocycles. The number of benzene rings is 3. The van der Waals surface area contributed by atoms with Crippen molar-refractivity contribution in [2.24, 2.45) is 0 Å². The van der Waals surface area contributed by atoms with Crippen molar-refractivity contribution in [3.05, 3.63) is 83.9 Å². The Balaban J connectivity index is 2.05. The molecule has 0 aliphatic heterocycles. The van der Waals surface area contributed by atoms with Crippen molar-refractivity contribution in [3.8, 4) is 11.1 Å². The maximum absolute atomic E-state index is 6.65. The number of halogens is 1. The maximum atomic E-state index is 6.65. The van der Waals surface area contributed by atoms with Crippen molar-refractivity contribution < 1.29 is 0 Å². The van der Waals surface area contributed by atoms with E-state index in [4.69, 9.17) is 11.6 Å². The van der Waals surface area contributed by atoms with Crippen LogP contribution in [0.1, 0.15) is 0 Å². The second-order valence-electron chi connectivity index (χ2n) is 4.90. The third-order valence-electron chi connectivity index (χ3n) is 3.57. The highest BCUT2D eigenvalue weighted by molar-refractivity contribution is 6.36. The van der Waals surface area contributed by atoms with Crippen molar-refractivity contribution in [2.45, 2.75) is 0 Å². The molecule has 0 bridgehead atoms. The molecule has 0 aliphatic rings. The molecule has 0 amide bonds. The van der Waals surface area contributed by atoms with Gasteiger partial charge in [-0.3, -0.25) is 0 Å². The molecule has 0 atom stereocenters. The molecular weight excluding hydrogens is 278 g/mol. The Bertz CT molecular complexity index is 723. The molecule has 3 aromatic carbocycles. The summed E-state index contributed by atoms with van der Waals surface area (Å²) < 4.78 is 0. The van der Waals surface area contributed by atoms with E-state index in [2.05, 4.69) is 35.2 Å². The molecule has 21 heavy (non-hydrogen) atoms. The van der Waals surface area contributed by atoms with E-state index in [9.17, 15) is 0 Å². The van der Waals surface area contributed by atoms with Gasteiger partial charge in [0.15, 0.2) is 0 Å². The molecule has 0 heterocycles. The zero-order valence-electron chi connectivity index (χ0n) is 11.8. The first-order valence-electron chi connectivity index (χ1n) is 6.90. The number of rotatable bonds is 3. The molecule has 0 N–H and O–H groups in total. The zero-order chi connectivity index (χ0) is 14.7. The SMILES string of the molecule is CN(c1ccccc1)c1cccc(-c2ccccc2)c1Cl. The molecule has 1 nitrogen and oxygen atoms in total. The number of hydrogen-bond acceptors (Lipinski definition) is 1. The van der Waals surface area contributed by atoms with Gasteiger partial charge in [-0.05, 0) is 23.8 Å². The fourth-order valence-electron chi connectivity index (χ4n) is 2.41. The van der Waals surface area contributed by atoms with Crippen molar-refractivity contribution in [2.75, 3.05) is 11.9 Å². The van der Waals surface area contributed by atoms with Crippen LogP contribution in [0.3, 0.4) is 0 Å². The summed E-state index contributed by atoms with van der Waals surface area (Å²) in [6, 6.07) is 26.6. The van der Waals surface area contributed by atoms with Gasteiger partial charge in [0.25, 0.3) is 0 Å². The summed E-state index contributed by atoms with van der Waals surface area (Å²) in [6.45, 7) is 0. The van der Waals surface area contributed by atoms with Gasteiger partial charge in [0.2, 0.25) is 0 Å². The van der Waals surface area contributed by atoms with Crippen LogP contribution in [0.15, 0.2) is 78.9 Å². The van der Waals surface area contributed by atoms with Crippen LogP contribution in [0, 0.1) is 0 Å². The van der Waals surface area contributed by atoms with E-state index in [0.29, 0.717) is 0 Å². The van der Waals surface area contributed by atoms with E-state index >= 15 is 0 Å². The molecule has 0 unspecified atom stereocenters. The van der Waals surface area contributed by atoms with Crippen LogP contribution in [-0.2, 0) is 0 Å². The quantitative estimate of drug-likeness (QED) is 0.592. The summed E-state index contributed by atoms with van der Waals surface area (Å²) >= 11 is 6.65. The van der Waals surface area contributed by atoms with Gasteiger partial charge in [-0.15, -0.1) is 0 Å². The average molecular weight is 294 g/mol. The predicted molar refractivity (Wildman–Crippen MR) is 91.4 cm³/mol. The lowest BCUT2D eigenvalue weighted by Gasteiger charge is -2.22. The average Bonchev–Trinajstić information content (AvgIpc) is 2.56. The van der Waals surface area contributed by atoms with Gasteiger partial charge < -0.3 is 4.90 Å². The Morgan fingerprint density at radius 3 is 2.00 bits per heavy atom. The lowest BCUT2D eigenvalue weighted by Crippen LogP contribution is -2.09. The van der Waals surface area contributed by atoms with E-state index in [-0.39, 0.29) is 0 Å². The Hall–Kier alpha value is -2.25. The molecule has 3 aromatic rings. The molecule has 0 saturated carbocycles. The first kappa shape index (κ1) is 13.7. The van der Waals surface area contributed by atoms with Crippen LogP contribution >= 0.6 is 11.6 Å². The van der Waals surface area contributed by atoms with Gasteiger partial charge in [0, 0.05) is 18.3 Å². The van der Waals surface area contributed by atoms with E-state index in [1.165, 1.54) is 0 Å². The van der Waals surface area contributed by atoms with Crippen LogP contribution in [0.2, 0.25) is 5.02 Å². The first-order valence-corrected chi connectivity index (χ1v) is 7.28. The molecule has 104 valence electrons. The maximum Gasteiger partial charge on any atom is 0.0721 e. The number of para-hydroxylation sites is 1. The highest BCUT2D eigenvalue weighted by atomic mass is 35.5.